The van der Waals surface area contributed by atoms with E-state index in [1.807, 2.05) is 0 Å². The summed E-state index contributed by atoms with van der Waals surface area (Å²) in [5, 5.41) is 28.9. The number of aliphatic hydroxyl groups excluding tert-OH is 3. The smallest absolute Gasteiger partial charge is 0.261 e. The first-order valence-corrected chi connectivity index (χ1v) is 17.0. The van der Waals surface area contributed by atoms with Crippen LogP contribution in [0.1, 0.15) is 155 Å². The Balaban J connectivity index is 0. The van der Waals surface area contributed by atoms with Gasteiger partial charge in [-0.05, 0) is 38.0 Å². The molecule has 9 nitrogen and oxygen atoms in total. The fourth-order valence-electron chi connectivity index (χ4n) is 4.65. The Morgan fingerprint density at radius 2 is 0.953 bits per heavy atom. The number of nitrogens with two attached hydrogens (primary N) is 3. The van der Waals surface area contributed by atoms with Gasteiger partial charge in [0.15, 0.2) is 6.10 Å². The molecule has 4 atom stereocenters. The van der Waals surface area contributed by atoms with Gasteiger partial charge < -0.3 is 37.3 Å². The number of hydrogen-bond acceptors (Lipinski definition) is 7. The lowest BCUT2D eigenvalue weighted by atomic mass is 10.0. The second-order valence-corrected chi connectivity index (χ2v) is 11.5. The average Bonchev–Trinajstić information content (AvgIpc) is 2.99. The summed E-state index contributed by atoms with van der Waals surface area (Å²) in [6, 6.07) is 0. The van der Waals surface area contributed by atoms with E-state index in [0.29, 0.717) is 0 Å². The van der Waals surface area contributed by atoms with Gasteiger partial charge in [0.25, 0.3) is 5.91 Å². The normalized spacial score (nSPS) is 14.3. The number of carbonyl (C=O) groups is 2. The second kappa shape index (κ2) is 32.8. The van der Waals surface area contributed by atoms with E-state index in [-0.39, 0.29) is 0 Å². The number of allylic oxidation sites excluding steroid dienone is 2. The van der Waals surface area contributed by atoms with Crippen molar-refractivity contribution < 1.29 is 29.6 Å². The average molecular weight is 614 g/mol. The predicted molar refractivity (Wildman–Crippen MR) is 177 cm³/mol. The minimum Gasteiger partial charge on any atom is -0.486 e. The molecule has 0 aliphatic heterocycles. The first-order chi connectivity index (χ1) is 20.7. The minimum atomic E-state index is -2.03. The minimum absolute atomic E-state index is 0.741. The summed E-state index contributed by atoms with van der Waals surface area (Å²) in [7, 11) is 0. The van der Waals surface area contributed by atoms with E-state index in [9.17, 15) is 24.9 Å². The molecule has 9 heteroatoms. The topological polar surface area (TPSA) is 182 Å². The lowest BCUT2D eigenvalue weighted by molar-refractivity contribution is -0.152. The summed E-state index contributed by atoms with van der Waals surface area (Å²) >= 11 is 0. The Hall–Kier alpha value is -2.10. The third kappa shape index (κ3) is 28.4. The van der Waals surface area contributed by atoms with E-state index in [2.05, 4.69) is 19.9 Å². The van der Waals surface area contributed by atoms with Crippen LogP contribution in [0.5, 0.6) is 0 Å². The number of unbranched alkanes of at least 4 members (excludes halogenated alkanes) is 20. The Bertz CT molecular complexity index is 689. The molecule has 0 aliphatic rings. The number of amides is 2. The second-order valence-electron chi connectivity index (χ2n) is 11.5. The highest BCUT2D eigenvalue weighted by atomic mass is 16.5. The molecule has 0 fully saturated rings. The van der Waals surface area contributed by atoms with Crippen molar-refractivity contribution in [2.45, 2.75) is 180 Å². The van der Waals surface area contributed by atoms with Crippen LogP contribution in [0, 0.1) is 0 Å². The van der Waals surface area contributed by atoms with Gasteiger partial charge in [-0.15, -0.1) is 0 Å². The zero-order valence-electron chi connectivity index (χ0n) is 27.5. The van der Waals surface area contributed by atoms with Gasteiger partial charge in [-0.25, -0.2) is 0 Å². The summed E-state index contributed by atoms with van der Waals surface area (Å²) in [5.74, 6) is -2.27. The van der Waals surface area contributed by atoms with Crippen LogP contribution in [0.2, 0.25) is 0 Å². The molecule has 0 radical (unpaired) electrons. The molecule has 0 aliphatic carbocycles. The number of aliphatic hydroxyl groups is 3. The van der Waals surface area contributed by atoms with Crippen LogP contribution in [0.15, 0.2) is 24.6 Å². The van der Waals surface area contributed by atoms with Gasteiger partial charge in [0.2, 0.25) is 12.0 Å². The Morgan fingerprint density at radius 1 is 0.581 bits per heavy atom. The third-order valence-electron chi connectivity index (χ3n) is 7.46. The van der Waals surface area contributed by atoms with Crippen LogP contribution in [-0.2, 0) is 14.3 Å². The highest BCUT2D eigenvalue weighted by Gasteiger charge is 2.37. The van der Waals surface area contributed by atoms with Crippen molar-refractivity contribution in [3.63, 3.8) is 0 Å². The van der Waals surface area contributed by atoms with Gasteiger partial charge in [0, 0.05) is 0 Å². The van der Waals surface area contributed by atoms with Crippen molar-refractivity contribution in [3.8, 4) is 0 Å². The molecule has 0 heterocycles. The van der Waals surface area contributed by atoms with Crippen molar-refractivity contribution in [3.05, 3.63) is 24.6 Å². The SMILES string of the molecule is CCCCCCCCCCCC/C=C/N.CCCCCCCCCCCC/C=C/O[C@@H](C(N)=O)[C@@H](O)[C@H](O)[C@H](O)C(N)=O. The first-order valence-electron chi connectivity index (χ1n) is 17.0. The molecule has 254 valence electrons. The zero-order chi connectivity index (χ0) is 32.6. The van der Waals surface area contributed by atoms with E-state index in [1.165, 1.54) is 122 Å². The molecule has 0 saturated heterocycles. The third-order valence-corrected chi connectivity index (χ3v) is 7.46. The van der Waals surface area contributed by atoms with Gasteiger partial charge in [-0.1, -0.05) is 135 Å². The Labute approximate surface area is 262 Å². The molecule has 0 saturated carbocycles. The van der Waals surface area contributed by atoms with E-state index < -0.39 is 36.2 Å². The lowest BCUT2D eigenvalue weighted by Gasteiger charge is -2.25. The zero-order valence-corrected chi connectivity index (χ0v) is 27.5. The molecule has 9 N–H and O–H groups in total. The van der Waals surface area contributed by atoms with Crippen LogP contribution in [0.3, 0.4) is 0 Å². The highest BCUT2D eigenvalue weighted by molar-refractivity contribution is 5.81. The maximum absolute atomic E-state index is 11.4. The van der Waals surface area contributed by atoms with Gasteiger partial charge in [0.1, 0.15) is 12.2 Å². The fourth-order valence-corrected chi connectivity index (χ4v) is 4.65. The van der Waals surface area contributed by atoms with Crippen LogP contribution in [-0.4, -0.2) is 51.5 Å². The summed E-state index contributed by atoms with van der Waals surface area (Å²) in [6.07, 6.45) is 27.5. The molecule has 0 unspecified atom stereocenters. The fraction of sp³-hybridized carbons (Fsp3) is 0.824. The van der Waals surface area contributed by atoms with E-state index in [0.717, 1.165) is 25.7 Å². The number of hydrogen-bond donors (Lipinski definition) is 6. The van der Waals surface area contributed by atoms with Gasteiger partial charge in [0.05, 0.1) is 6.26 Å². The molecule has 43 heavy (non-hydrogen) atoms. The molecule has 0 aromatic carbocycles. The van der Waals surface area contributed by atoms with E-state index in [4.69, 9.17) is 21.9 Å². The van der Waals surface area contributed by atoms with Crippen molar-refractivity contribution in [1.29, 1.82) is 0 Å². The highest BCUT2D eigenvalue weighted by Crippen LogP contribution is 2.13. The molecule has 0 aromatic heterocycles. The van der Waals surface area contributed by atoms with Crippen molar-refractivity contribution in [1.82, 2.24) is 0 Å². The van der Waals surface area contributed by atoms with Crippen LogP contribution < -0.4 is 17.2 Å². The summed E-state index contributed by atoms with van der Waals surface area (Å²) in [5.41, 5.74) is 15.2. The summed E-state index contributed by atoms with van der Waals surface area (Å²) in [4.78, 5) is 22.2. The number of carbonyl (C=O) groups excluding carboxylic acids is 2. The maximum atomic E-state index is 11.4. The molecule has 0 aromatic rings. The molecule has 0 bridgehead atoms. The van der Waals surface area contributed by atoms with Gasteiger partial charge in [-0.2, -0.15) is 0 Å². The Morgan fingerprint density at radius 3 is 1.30 bits per heavy atom. The number of rotatable bonds is 29. The van der Waals surface area contributed by atoms with Crippen LogP contribution in [0.4, 0.5) is 0 Å². The quantitative estimate of drug-likeness (QED) is 0.0440. The molecule has 2 amide bonds. The number of primary amides is 2. The van der Waals surface area contributed by atoms with Crippen molar-refractivity contribution >= 4 is 11.8 Å². The lowest BCUT2D eigenvalue weighted by Crippen LogP contribution is -2.53. The monoisotopic (exact) mass is 614 g/mol. The van der Waals surface area contributed by atoms with Crippen molar-refractivity contribution in [2.75, 3.05) is 0 Å². The van der Waals surface area contributed by atoms with Crippen molar-refractivity contribution in [2.24, 2.45) is 17.2 Å². The maximum Gasteiger partial charge on any atom is 0.261 e. The van der Waals surface area contributed by atoms with E-state index >= 15 is 0 Å². The van der Waals surface area contributed by atoms with Gasteiger partial charge >= 0.3 is 0 Å². The molecular weight excluding hydrogens is 546 g/mol. The van der Waals surface area contributed by atoms with Crippen LogP contribution >= 0.6 is 0 Å². The molecule has 0 spiro atoms. The van der Waals surface area contributed by atoms with Crippen LogP contribution in [0.25, 0.3) is 0 Å². The predicted octanol–water partition coefficient (Wildman–Crippen LogP) is 6.02. The molecular formula is C34H67N3O6. The largest absolute Gasteiger partial charge is 0.486 e. The standard InChI is InChI=1S/C20H38N2O6.C14H29N/c1-2-3-4-5-6-7-8-9-10-11-12-13-14-28-18(20(22)27)16(24)15(23)17(25)19(21)26;1-2-3-4-5-6-7-8-9-10-11-12-13-14-15/h13-18,23-25H,2-12H2,1H3,(H2,21,26)(H2,22,27);13-14H,2-12,15H2,1H3/b2*14-13+/t15-,16-,17-,18+;/m0./s1. The first kappa shape index (κ1) is 43.0. The van der Waals surface area contributed by atoms with E-state index in [1.54, 1.807) is 12.3 Å². The molecule has 0 rings (SSSR count). The van der Waals surface area contributed by atoms with Gasteiger partial charge in [-0.3, -0.25) is 9.59 Å². The number of ether oxygens (including phenoxy) is 1. The summed E-state index contributed by atoms with van der Waals surface area (Å²) < 4.78 is 5.08. The Kier molecular flexibility index (Phi) is 32.8. The summed E-state index contributed by atoms with van der Waals surface area (Å²) in [6.45, 7) is 4.49.